The van der Waals surface area contributed by atoms with Crippen LogP contribution in [0.3, 0.4) is 0 Å². The molecule has 2 rings (SSSR count). The lowest BCUT2D eigenvalue weighted by Crippen LogP contribution is -2.21. The Kier molecular flexibility index (Phi) is 5.69. The number of halogens is 2. The van der Waals surface area contributed by atoms with Crippen LogP contribution in [0.1, 0.15) is 19.8 Å². The smallest absolute Gasteiger partial charge is 0.159 e. The fourth-order valence-electron chi connectivity index (χ4n) is 2.01. The second kappa shape index (κ2) is 7.51. The molecule has 0 atom stereocenters. The fraction of sp³-hybridized carbons (Fsp3) is 0.333. The van der Waals surface area contributed by atoms with Crippen molar-refractivity contribution in [2.45, 2.75) is 19.8 Å². The Morgan fingerprint density at radius 2 is 2.05 bits per heavy atom. The van der Waals surface area contributed by atoms with E-state index >= 15 is 0 Å². The van der Waals surface area contributed by atoms with Gasteiger partial charge in [-0.25, -0.2) is 9.97 Å². The minimum atomic E-state index is 0.483. The van der Waals surface area contributed by atoms with Gasteiger partial charge >= 0.3 is 0 Å². The Hall–Kier alpha value is -1.72. The summed E-state index contributed by atoms with van der Waals surface area (Å²) in [5, 5.41) is 4.24. The van der Waals surface area contributed by atoms with Crippen molar-refractivity contribution in [3.8, 4) is 0 Å². The van der Waals surface area contributed by atoms with E-state index in [2.05, 4.69) is 22.2 Å². The molecule has 2 aromatic rings. The molecule has 0 aliphatic heterocycles. The van der Waals surface area contributed by atoms with Gasteiger partial charge in [0.2, 0.25) is 0 Å². The van der Waals surface area contributed by atoms with Gasteiger partial charge in [-0.05, 0) is 24.6 Å². The molecule has 1 aromatic carbocycles. The van der Waals surface area contributed by atoms with Gasteiger partial charge in [0, 0.05) is 18.6 Å². The lowest BCUT2D eigenvalue weighted by molar-refractivity contribution is 0.759. The van der Waals surface area contributed by atoms with E-state index in [1.54, 1.807) is 18.2 Å². The molecule has 22 heavy (non-hydrogen) atoms. The standard InChI is InChI=1S/C15H19Cl2N5/c1-3-4-7-22(2)15-13(18)14(19-9-20-15)21-12-8-10(16)5-6-11(12)17/h5-6,8-9H,3-4,7,18H2,1-2H3,(H,19,20,21). The number of hydrogen-bond donors (Lipinski definition) is 2. The normalized spacial score (nSPS) is 10.5. The number of nitrogens with zero attached hydrogens (tertiary/aromatic N) is 3. The quantitative estimate of drug-likeness (QED) is 0.818. The number of rotatable bonds is 6. The summed E-state index contributed by atoms with van der Waals surface area (Å²) < 4.78 is 0. The molecule has 0 bridgehead atoms. The molecule has 0 aliphatic rings. The molecule has 0 amide bonds. The molecule has 5 nitrogen and oxygen atoms in total. The molecule has 0 aliphatic carbocycles. The highest BCUT2D eigenvalue weighted by atomic mass is 35.5. The highest BCUT2D eigenvalue weighted by Crippen LogP contribution is 2.32. The molecule has 0 saturated heterocycles. The Balaban J connectivity index is 2.27. The van der Waals surface area contributed by atoms with Gasteiger partial charge in [-0.1, -0.05) is 36.5 Å². The highest BCUT2D eigenvalue weighted by Gasteiger charge is 2.13. The van der Waals surface area contributed by atoms with Gasteiger partial charge in [-0.15, -0.1) is 0 Å². The minimum absolute atomic E-state index is 0.483. The highest BCUT2D eigenvalue weighted by molar-refractivity contribution is 6.35. The van der Waals surface area contributed by atoms with Gasteiger partial charge in [0.1, 0.15) is 12.0 Å². The second-order valence-corrected chi connectivity index (χ2v) is 5.83. The van der Waals surface area contributed by atoms with E-state index in [0.717, 1.165) is 19.4 Å². The van der Waals surface area contributed by atoms with Crippen molar-refractivity contribution < 1.29 is 0 Å². The Labute approximate surface area is 140 Å². The Morgan fingerprint density at radius 1 is 1.27 bits per heavy atom. The van der Waals surface area contributed by atoms with Crippen LogP contribution >= 0.6 is 23.2 Å². The number of unbranched alkanes of at least 4 members (excludes halogenated alkanes) is 1. The van der Waals surface area contributed by atoms with Crippen LogP contribution < -0.4 is 16.0 Å². The summed E-state index contributed by atoms with van der Waals surface area (Å²) in [5.41, 5.74) is 7.32. The van der Waals surface area contributed by atoms with Crippen LogP contribution in [0.2, 0.25) is 10.0 Å². The summed E-state index contributed by atoms with van der Waals surface area (Å²) in [4.78, 5) is 10.5. The van der Waals surface area contributed by atoms with E-state index < -0.39 is 0 Å². The summed E-state index contributed by atoms with van der Waals surface area (Å²) in [5.74, 6) is 1.21. The first-order chi connectivity index (χ1) is 10.5. The number of anilines is 4. The van der Waals surface area contributed by atoms with Gasteiger partial charge < -0.3 is 16.0 Å². The van der Waals surface area contributed by atoms with Crippen molar-refractivity contribution in [2.75, 3.05) is 29.5 Å². The summed E-state index contributed by atoms with van der Waals surface area (Å²) in [7, 11) is 1.96. The summed E-state index contributed by atoms with van der Waals surface area (Å²) in [6.45, 7) is 3.03. The van der Waals surface area contributed by atoms with Crippen LogP contribution in [0.5, 0.6) is 0 Å². The maximum Gasteiger partial charge on any atom is 0.159 e. The number of nitrogen functional groups attached to an aromatic ring is 1. The number of benzene rings is 1. The van der Waals surface area contributed by atoms with Crippen LogP contribution in [0.4, 0.5) is 23.0 Å². The average Bonchev–Trinajstić information content (AvgIpc) is 2.50. The third kappa shape index (κ3) is 3.93. The molecule has 1 heterocycles. The van der Waals surface area contributed by atoms with Gasteiger partial charge in [-0.3, -0.25) is 0 Å². The third-order valence-electron chi connectivity index (χ3n) is 3.25. The summed E-state index contributed by atoms with van der Waals surface area (Å²) >= 11 is 12.1. The average molecular weight is 340 g/mol. The number of nitrogens with one attached hydrogen (secondary N) is 1. The second-order valence-electron chi connectivity index (χ2n) is 4.98. The molecule has 7 heteroatoms. The van der Waals surface area contributed by atoms with E-state index in [1.165, 1.54) is 6.33 Å². The van der Waals surface area contributed by atoms with E-state index in [4.69, 9.17) is 28.9 Å². The molecule has 3 N–H and O–H groups in total. The van der Waals surface area contributed by atoms with E-state index in [-0.39, 0.29) is 0 Å². The predicted octanol–water partition coefficient (Wildman–Crippen LogP) is 4.35. The molecule has 0 fully saturated rings. The van der Waals surface area contributed by atoms with Crippen LogP contribution in [0.25, 0.3) is 0 Å². The first-order valence-electron chi connectivity index (χ1n) is 7.06. The fourth-order valence-corrected chi connectivity index (χ4v) is 2.35. The zero-order valence-electron chi connectivity index (χ0n) is 12.6. The number of hydrogen-bond acceptors (Lipinski definition) is 5. The van der Waals surface area contributed by atoms with Gasteiger partial charge in [0.05, 0.1) is 10.7 Å². The van der Waals surface area contributed by atoms with Crippen molar-refractivity contribution in [1.82, 2.24) is 9.97 Å². The summed E-state index contributed by atoms with van der Waals surface area (Å²) in [6.07, 6.45) is 3.66. The molecule has 118 valence electrons. The summed E-state index contributed by atoms with van der Waals surface area (Å²) in [6, 6.07) is 5.17. The Morgan fingerprint density at radius 3 is 2.77 bits per heavy atom. The van der Waals surface area contributed by atoms with Crippen molar-refractivity contribution in [2.24, 2.45) is 0 Å². The number of nitrogens with two attached hydrogens (primary N) is 1. The van der Waals surface area contributed by atoms with Crippen LogP contribution in [-0.4, -0.2) is 23.6 Å². The first kappa shape index (κ1) is 16.6. The largest absolute Gasteiger partial charge is 0.393 e. The van der Waals surface area contributed by atoms with Crippen molar-refractivity contribution in [1.29, 1.82) is 0 Å². The molecule has 0 radical (unpaired) electrons. The maximum absolute atomic E-state index is 6.19. The lowest BCUT2D eigenvalue weighted by atomic mass is 10.3. The zero-order chi connectivity index (χ0) is 16.1. The molecular formula is C15H19Cl2N5. The van der Waals surface area contributed by atoms with Gasteiger partial charge in [0.25, 0.3) is 0 Å². The predicted molar refractivity (Wildman–Crippen MR) is 94.4 cm³/mol. The van der Waals surface area contributed by atoms with Crippen LogP contribution in [0, 0.1) is 0 Å². The zero-order valence-corrected chi connectivity index (χ0v) is 14.1. The molecule has 1 aromatic heterocycles. The van der Waals surface area contributed by atoms with Crippen molar-refractivity contribution >= 4 is 46.2 Å². The molecule has 0 spiro atoms. The lowest BCUT2D eigenvalue weighted by Gasteiger charge is -2.20. The van der Waals surface area contributed by atoms with Crippen molar-refractivity contribution in [3.05, 3.63) is 34.6 Å². The molecule has 0 saturated carbocycles. The number of aromatic nitrogens is 2. The molecule has 0 unspecified atom stereocenters. The first-order valence-corrected chi connectivity index (χ1v) is 7.82. The maximum atomic E-state index is 6.19. The van der Waals surface area contributed by atoms with Gasteiger partial charge in [-0.2, -0.15) is 0 Å². The van der Waals surface area contributed by atoms with Crippen LogP contribution in [-0.2, 0) is 0 Å². The monoisotopic (exact) mass is 339 g/mol. The van der Waals surface area contributed by atoms with Crippen LogP contribution in [0.15, 0.2) is 24.5 Å². The topological polar surface area (TPSA) is 67.1 Å². The Bertz CT molecular complexity index is 648. The van der Waals surface area contributed by atoms with E-state index in [0.29, 0.717) is 33.1 Å². The third-order valence-corrected chi connectivity index (χ3v) is 3.82. The van der Waals surface area contributed by atoms with Crippen molar-refractivity contribution in [3.63, 3.8) is 0 Å². The molecular weight excluding hydrogens is 321 g/mol. The SMILES string of the molecule is CCCCN(C)c1ncnc(Nc2cc(Cl)ccc2Cl)c1N. The van der Waals surface area contributed by atoms with E-state index in [1.807, 2.05) is 11.9 Å². The van der Waals surface area contributed by atoms with E-state index in [9.17, 15) is 0 Å². The van der Waals surface area contributed by atoms with Gasteiger partial charge in [0.15, 0.2) is 11.6 Å². The minimum Gasteiger partial charge on any atom is -0.393 e.